The summed E-state index contributed by atoms with van der Waals surface area (Å²) >= 11 is 12.9. The van der Waals surface area contributed by atoms with E-state index in [0.717, 1.165) is 42.2 Å². The maximum absolute atomic E-state index is 13.0. The van der Waals surface area contributed by atoms with Crippen molar-refractivity contribution in [2.45, 2.75) is 43.0 Å². The molecule has 1 saturated carbocycles. The highest BCUT2D eigenvalue weighted by molar-refractivity contribution is 7.89. The van der Waals surface area contributed by atoms with E-state index >= 15 is 0 Å². The Balaban J connectivity index is 1.40. The number of benzene rings is 2. The summed E-state index contributed by atoms with van der Waals surface area (Å²) in [4.78, 5) is 13.3. The monoisotopic (exact) mass is 521 g/mol. The zero-order valence-corrected chi connectivity index (χ0v) is 21.2. The van der Waals surface area contributed by atoms with E-state index in [1.807, 2.05) is 24.3 Å². The molecule has 1 amide bonds. The van der Waals surface area contributed by atoms with Crippen molar-refractivity contribution < 1.29 is 13.2 Å². The minimum Gasteiger partial charge on any atom is -0.332 e. The molecule has 174 valence electrons. The Hall–Kier alpha value is -2.04. The molecule has 2 N–H and O–H groups in total. The highest BCUT2D eigenvalue weighted by atomic mass is 35.5. The van der Waals surface area contributed by atoms with Crippen LogP contribution in [0.3, 0.4) is 0 Å². The first-order valence-electron chi connectivity index (χ1n) is 10.6. The molecule has 2 aromatic carbocycles. The smallest absolute Gasteiger partial charge is 0.269 e. The summed E-state index contributed by atoms with van der Waals surface area (Å²) in [6.07, 6.45) is 5.07. The van der Waals surface area contributed by atoms with Crippen molar-refractivity contribution in [2.24, 2.45) is 0 Å². The third-order valence-corrected chi connectivity index (χ3v) is 9.65. The first kappa shape index (κ1) is 24.1. The third kappa shape index (κ3) is 5.22. The highest BCUT2D eigenvalue weighted by Crippen LogP contribution is 2.35. The van der Waals surface area contributed by atoms with Crippen LogP contribution in [0.5, 0.6) is 0 Å². The molecule has 0 radical (unpaired) electrons. The lowest BCUT2D eigenvalue weighted by atomic mass is 9.96. The number of thiophene rings is 1. The Labute approximate surface area is 208 Å². The minimum atomic E-state index is -3.57. The van der Waals surface area contributed by atoms with Crippen molar-refractivity contribution in [1.29, 1.82) is 0 Å². The normalized spacial score (nSPS) is 15.0. The lowest BCUT2D eigenvalue weighted by Gasteiger charge is -2.30. The Kier molecular flexibility index (Phi) is 7.35. The van der Waals surface area contributed by atoms with Crippen LogP contribution in [0.1, 0.15) is 41.8 Å². The van der Waals surface area contributed by atoms with E-state index < -0.39 is 15.9 Å². The van der Waals surface area contributed by atoms with Gasteiger partial charge < -0.3 is 5.32 Å². The van der Waals surface area contributed by atoms with Crippen molar-refractivity contribution >= 4 is 72.0 Å². The summed E-state index contributed by atoms with van der Waals surface area (Å²) in [5.74, 6) is -0.396. The van der Waals surface area contributed by atoms with Crippen molar-refractivity contribution in [3.63, 3.8) is 0 Å². The lowest BCUT2D eigenvalue weighted by Crippen LogP contribution is -2.38. The Morgan fingerprint density at radius 2 is 1.76 bits per heavy atom. The maximum Gasteiger partial charge on any atom is 0.269 e. The first-order valence-corrected chi connectivity index (χ1v) is 13.7. The van der Waals surface area contributed by atoms with Crippen LogP contribution in [0, 0.1) is 0 Å². The van der Waals surface area contributed by atoms with Crippen LogP contribution in [0.25, 0.3) is 10.1 Å². The molecule has 4 rings (SSSR count). The number of sulfonamides is 1. The number of carbonyl (C=O) groups is 1. The van der Waals surface area contributed by atoms with Crippen molar-refractivity contribution in [3.8, 4) is 0 Å². The molecule has 1 aromatic heterocycles. The summed E-state index contributed by atoms with van der Waals surface area (Å²) in [6, 6.07) is 13.9. The largest absolute Gasteiger partial charge is 0.332 e. The zero-order chi connectivity index (χ0) is 23.6. The minimum absolute atomic E-state index is 0.0464. The molecule has 1 aliphatic carbocycles. The standard InChI is InChI=1S/C23H24ClN3O3S3/c1-27(16-7-3-2-4-8-16)33(29,30)17-13-11-15(12-14-17)25-23(31)26-22(28)21-20(24)18-9-5-6-10-19(18)32-21/h5-6,9-14,16H,2-4,7-8H2,1H3,(H2,25,26,28,31). The highest BCUT2D eigenvalue weighted by Gasteiger charge is 2.29. The Morgan fingerprint density at radius 1 is 1.09 bits per heavy atom. The number of hydrogen-bond donors (Lipinski definition) is 2. The number of anilines is 1. The average Bonchev–Trinajstić information content (AvgIpc) is 3.16. The summed E-state index contributed by atoms with van der Waals surface area (Å²) in [7, 11) is -1.91. The predicted molar refractivity (Wildman–Crippen MR) is 139 cm³/mol. The molecule has 33 heavy (non-hydrogen) atoms. The first-order chi connectivity index (χ1) is 15.8. The van der Waals surface area contributed by atoms with Crippen LogP contribution < -0.4 is 10.6 Å². The van der Waals surface area contributed by atoms with E-state index in [2.05, 4.69) is 10.6 Å². The summed E-state index contributed by atoms with van der Waals surface area (Å²) in [5, 5.41) is 6.87. The number of hydrogen-bond acceptors (Lipinski definition) is 5. The predicted octanol–water partition coefficient (Wildman–Crippen LogP) is 5.63. The number of fused-ring (bicyclic) bond motifs is 1. The van der Waals surface area contributed by atoms with Gasteiger partial charge in [0.15, 0.2) is 5.11 Å². The second-order valence-electron chi connectivity index (χ2n) is 7.99. The Bertz CT molecular complexity index is 1280. The van der Waals surface area contributed by atoms with Crippen LogP contribution in [-0.4, -0.2) is 36.8 Å². The molecule has 0 aliphatic heterocycles. The molecule has 6 nitrogen and oxygen atoms in total. The molecule has 0 atom stereocenters. The van der Waals surface area contributed by atoms with Gasteiger partial charge >= 0.3 is 0 Å². The Morgan fingerprint density at radius 3 is 2.42 bits per heavy atom. The molecular weight excluding hydrogens is 498 g/mol. The molecule has 1 aliphatic rings. The maximum atomic E-state index is 13.0. The van der Waals surface area contributed by atoms with Gasteiger partial charge in [0.2, 0.25) is 10.0 Å². The molecule has 0 spiro atoms. The quantitative estimate of drug-likeness (QED) is 0.425. The lowest BCUT2D eigenvalue weighted by molar-refractivity contribution is 0.0982. The van der Waals surface area contributed by atoms with E-state index in [1.165, 1.54) is 15.6 Å². The number of amides is 1. The van der Waals surface area contributed by atoms with Gasteiger partial charge in [-0.05, 0) is 55.4 Å². The molecule has 10 heteroatoms. The molecule has 1 heterocycles. The van der Waals surface area contributed by atoms with Crippen LogP contribution in [0.15, 0.2) is 53.4 Å². The molecule has 0 saturated heterocycles. The van der Waals surface area contributed by atoms with Crippen LogP contribution >= 0.6 is 35.2 Å². The van der Waals surface area contributed by atoms with Gasteiger partial charge in [0, 0.05) is 28.9 Å². The number of rotatable bonds is 5. The van der Waals surface area contributed by atoms with Gasteiger partial charge in [0.1, 0.15) is 4.88 Å². The SMILES string of the molecule is CN(C1CCCCC1)S(=O)(=O)c1ccc(NC(=S)NC(=O)c2sc3ccccc3c2Cl)cc1. The van der Waals surface area contributed by atoms with E-state index in [4.69, 9.17) is 23.8 Å². The molecular formula is C23H24ClN3O3S3. The number of nitrogens with one attached hydrogen (secondary N) is 2. The van der Waals surface area contributed by atoms with E-state index in [9.17, 15) is 13.2 Å². The van der Waals surface area contributed by atoms with E-state index in [-0.39, 0.29) is 16.0 Å². The van der Waals surface area contributed by atoms with Gasteiger partial charge in [-0.15, -0.1) is 11.3 Å². The fraction of sp³-hybridized carbons (Fsp3) is 0.304. The number of thiocarbonyl (C=S) groups is 1. The number of carbonyl (C=O) groups excluding carboxylic acids is 1. The van der Waals surface area contributed by atoms with Gasteiger partial charge in [-0.2, -0.15) is 4.31 Å². The number of nitrogens with zero attached hydrogens (tertiary/aromatic N) is 1. The van der Waals surface area contributed by atoms with Gasteiger partial charge in [0.05, 0.1) is 9.92 Å². The van der Waals surface area contributed by atoms with Crippen molar-refractivity contribution in [3.05, 3.63) is 58.4 Å². The van der Waals surface area contributed by atoms with E-state index in [0.29, 0.717) is 15.6 Å². The second kappa shape index (κ2) is 10.1. The van der Waals surface area contributed by atoms with E-state index in [1.54, 1.807) is 31.3 Å². The third-order valence-electron chi connectivity index (χ3n) is 5.85. The second-order valence-corrected chi connectivity index (χ2v) is 11.8. The topological polar surface area (TPSA) is 78.5 Å². The summed E-state index contributed by atoms with van der Waals surface area (Å²) < 4.78 is 28.4. The van der Waals surface area contributed by atoms with Crippen molar-refractivity contribution in [1.82, 2.24) is 9.62 Å². The molecule has 1 fully saturated rings. The summed E-state index contributed by atoms with van der Waals surface area (Å²) in [5.41, 5.74) is 0.571. The number of halogens is 1. The van der Waals surface area contributed by atoms with Gasteiger partial charge in [0.25, 0.3) is 5.91 Å². The van der Waals surface area contributed by atoms with Crippen LogP contribution in [0.4, 0.5) is 5.69 Å². The molecule has 0 unspecified atom stereocenters. The van der Waals surface area contributed by atoms with Gasteiger partial charge in [-0.3, -0.25) is 10.1 Å². The molecule has 3 aromatic rings. The van der Waals surface area contributed by atoms with Crippen LogP contribution in [-0.2, 0) is 10.0 Å². The average molecular weight is 522 g/mol. The van der Waals surface area contributed by atoms with Crippen LogP contribution in [0.2, 0.25) is 5.02 Å². The molecule has 0 bridgehead atoms. The zero-order valence-electron chi connectivity index (χ0n) is 18.0. The van der Waals surface area contributed by atoms with Gasteiger partial charge in [-0.25, -0.2) is 8.42 Å². The van der Waals surface area contributed by atoms with Gasteiger partial charge in [-0.1, -0.05) is 49.1 Å². The fourth-order valence-corrected chi connectivity index (χ4v) is 7.04. The fourth-order valence-electron chi connectivity index (χ4n) is 4.00. The summed E-state index contributed by atoms with van der Waals surface area (Å²) in [6.45, 7) is 0. The van der Waals surface area contributed by atoms with Crippen molar-refractivity contribution in [2.75, 3.05) is 12.4 Å².